The van der Waals surface area contributed by atoms with Gasteiger partial charge in [-0.2, -0.15) is 0 Å². The minimum absolute atomic E-state index is 0.160. The first-order chi connectivity index (χ1) is 14.0. The Morgan fingerprint density at radius 1 is 0.759 bits per heavy atom. The lowest BCUT2D eigenvalue weighted by molar-refractivity contribution is 0.102. The Morgan fingerprint density at radius 3 is 2.07 bits per heavy atom. The fourth-order valence-electron chi connectivity index (χ4n) is 3.25. The van der Waals surface area contributed by atoms with E-state index < -0.39 is 0 Å². The van der Waals surface area contributed by atoms with Gasteiger partial charge >= 0.3 is 0 Å². The molecule has 0 aliphatic carbocycles. The Hall–Kier alpha value is -3.73. The number of hydrogen-bond acceptors (Lipinski definition) is 4. The topological polar surface area (TPSA) is 68.0 Å². The van der Waals surface area contributed by atoms with E-state index in [1.54, 1.807) is 12.1 Å². The zero-order chi connectivity index (χ0) is 20.4. The van der Waals surface area contributed by atoms with Crippen molar-refractivity contribution in [3.05, 3.63) is 89.0 Å². The molecule has 0 unspecified atom stereocenters. The van der Waals surface area contributed by atoms with Gasteiger partial charge in [-0.25, -0.2) is 0 Å². The van der Waals surface area contributed by atoms with E-state index in [1.165, 1.54) is 0 Å². The fraction of sp³-hybridized carbons (Fsp3) is 0.125. The number of benzene rings is 3. The standard InChI is InChI=1S/C24H21N3O2/c1-15-5-4-6-20(12-15)24-27-26-23(29-24)19-9-7-18(8-10-19)22(28)25-21-13-16(2)11-17(3)14-21/h4-14H,1-3H3,(H,25,28). The minimum Gasteiger partial charge on any atom is -0.416 e. The van der Waals surface area contributed by atoms with Crippen LogP contribution in [0.2, 0.25) is 0 Å². The van der Waals surface area contributed by atoms with Crippen LogP contribution in [0.25, 0.3) is 22.9 Å². The summed E-state index contributed by atoms with van der Waals surface area (Å²) in [5.41, 5.74) is 6.34. The number of aryl methyl sites for hydroxylation is 3. The third kappa shape index (κ3) is 4.24. The molecule has 1 aromatic heterocycles. The first-order valence-corrected chi connectivity index (χ1v) is 9.38. The second kappa shape index (κ2) is 7.72. The molecule has 0 saturated carbocycles. The number of carbonyl (C=O) groups excluding carboxylic acids is 1. The Morgan fingerprint density at radius 2 is 1.41 bits per heavy atom. The van der Waals surface area contributed by atoms with Gasteiger partial charge < -0.3 is 9.73 Å². The lowest BCUT2D eigenvalue weighted by atomic mass is 10.1. The Kier molecular flexibility index (Phi) is 4.96. The van der Waals surface area contributed by atoms with Gasteiger partial charge in [-0.1, -0.05) is 23.8 Å². The molecule has 4 aromatic rings. The molecule has 0 aliphatic rings. The highest BCUT2D eigenvalue weighted by Crippen LogP contribution is 2.25. The van der Waals surface area contributed by atoms with Crippen LogP contribution in [0.15, 0.2) is 71.1 Å². The van der Waals surface area contributed by atoms with Gasteiger partial charge in [0, 0.05) is 22.4 Å². The van der Waals surface area contributed by atoms with Crippen LogP contribution in [0.3, 0.4) is 0 Å². The molecule has 5 heteroatoms. The summed E-state index contributed by atoms with van der Waals surface area (Å²) in [6.07, 6.45) is 0. The van der Waals surface area contributed by atoms with Gasteiger partial charge in [0.25, 0.3) is 5.91 Å². The molecule has 0 saturated heterocycles. The van der Waals surface area contributed by atoms with Crippen LogP contribution in [0.4, 0.5) is 5.69 Å². The molecule has 144 valence electrons. The quantitative estimate of drug-likeness (QED) is 0.499. The summed E-state index contributed by atoms with van der Waals surface area (Å²) in [5, 5.41) is 11.2. The molecule has 3 aromatic carbocycles. The van der Waals surface area contributed by atoms with E-state index >= 15 is 0 Å². The van der Waals surface area contributed by atoms with Gasteiger partial charge in [0.15, 0.2) is 0 Å². The van der Waals surface area contributed by atoms with Gasteiger partial charge in [0.1, 0.15) is 0 Å². The maximum atomic E-state index is 12.5. The van der Waals surface area contributed by atoms with Crippen molar-refractivity contribution in [2.75, 3.05) is 5.32 Å². The van der Waals surface area contributed by atoms with Crippen molar-refractivity contribution >= 4 is 11.6 Å². The molecular weight excluding hydrogens is 362 g/mol. The van der Waals surface area contributed by atoms with Gasteiger partial charge in [-0.3, -0.25) is 4.79 Å². The zero-order valence-electron chi connectivity index (χ0n) is 16.6. The average molecular weight is 383 g/mol. The molecule has 29 heavy (non-hydrogen) atoms. The number of amides is 1. The first-order valence-electron chi connectivity index (χ1n) is 9.38. The molecule has 0 atom stereocenters. The van der Waals surface area contributed by atoms with E-state index in [2.05, 4.69) is 21.6 Å². The highest BCUT2D eigenvalue weighted by Gasteiger charge is 2.12. The third-order valence-electron chi connectivity index (χ3n) is 4.56. The normalized spacial score (nSPS) is 10.7. The molecule has 0 fully saturated rings. The monoisotopic (exact) mass is 383 g/mol. The van der Waals surface area contributed by atoms with Crippen LogP contribution in [-0.4, -0.2) is 16.1 Å². The third-order valence-corrected chi connectivity index (χ3v) is 4.56. The van der Waals surface area contributed by atoms with Crippen LogP contribution in [0.5, 0.6) is 0 Å². The highest BCUT2D eigenvalue weighted by atomic mass is 16.4. The van der Waals surface area contributed by atoms with Crippen LogP contribution in [0.1, 0.15) is 27.0 Å². The van der Waals surface area contributed by atoms with E-state index in [4.69, 9.17) is 4.42 Å². The van der Waals surface area contributed by atoms with Crippen molar-refractivity contribution in [3.63, 3.8) is 0 Å². The van der Waals surface area contributed by atoms with E-state index in [9.17, 15) is 4.79 Å². The van der Waals surface area contributed by atoms with Crippen LogP contribution in [-0.2, 0) is 0 Å². The molecule has 5 nitrogen and oxygen atoms in total. The van der Waals surface area contributed by atoms with E-state index in [-0.39, 0.29) is 5.91 Å². The summed E-state index contributed by atoms with van der Waals surface area (Å²) < 4.78 is 5.81. The van der Waals surface area contributed by atoms with Crippen molar-refractivity contribution in [2.24, 2.45) is 0 Å². The summed E-state index contributed by atoms with van der Waals surface area (Å²) >= 11 is 0. The van der Waals surface area contributed by atoms with E-state index in [0.29, 0.717) is 17.3 Å². The van der Waals surface area contributed by atoms with Crippen LogP contribution < -0.4 is 5.32 Å². The maximum Gasteiger partial charge on any atom is 0.255 e. The van der Waals surface area contributed by atoms with Crippen molar-refractivity contribution < 1.29 is 9.21 Å². The molecule has 4 rings (SSSR count). The minimum atomic E-state index is -0.160. The first kappa shape index (κ1) is 18.6. The Bertz CT molecular complexity index is 1160. The molecular formula is C24H21N3O2. The van der Waals surface area contributed by atoms with Crippen LogP contribution in [0, 0.1) is 20.8 Å². The van der Waals surface area contributed by atoms with Gasteiger partial charge in [0.2, 0.25) is 11.8 Å². The fourth-order valence-corrected chi connectivity index (χ4v) is 3.25. The average Bonchev–Trinajstić information content (AvgIpc) is 3.17. The maximum absolute atomic E-state index is 12.5. The molecule has 1 N–H and O–H groups in total. The Labute approximate surface area is 169 Å². The van der Waals surface area contributed by atoms with Crippen LogP contribution >= 0.6 is 0 Å². The van der Waals surface area contributed by atoms with Gasteiger partial charge in [0.05, 0.1) is 0 Å². The molecule has 0 spiro atoms. The van der Waals surface area contributed by atoms with E-state index in [0.717, 1.165) is 33.5 Å². The van der Waals surface area contributed by atoms with Crippen molar-refractivity contribution in [2.45, 2.75) is 20.8 Å². The highest BCUT2D eigenvalue weighted by molar-refractivity contribution is 6.04. The Balaban J connectivity index is 1.51. The second-order valence-electron chi connectivity index (χ2n) is 7.19. The smallest absolute Gasteiger partial charge is 0.255 e. The number of nitrogens with zero attached hydrogens (tertiary/aromatic N) is 2. The van der Waals surface area contributed by atoms with Gasteiger partial charge in [-0.15, -0.1) is 10.2 Å². The molecule has 0 aliphatic heterocycles. The SMILES string of the molecule is Cc1cc(C)cc(NC(=O)c2ccc(-c3nnc(-c4cccc(C)c4)o3)cc2)c1. The van der Waals surface area contributed by atoms with Gasteiger partial charge in [-0.05, 0) is 80.4 Å². The summed E-state index contributed by atoms with van der Waals surface area (Å²) in [5.74, 6) is 0.732. The lowest BCUT2D eigenvalue weighted by Gasteiger charge is -2.08. The van der Waals surface area contributed by atoms with Crippen molar-refractivity contribution in [1.82, 2.24) is 10.2 Å². The number of nitrogens with one attached hydrogen (secondary N) is 1. The predicted octanol–water partition coefficient (Wildman–Crippen LogP) is 5.58. The number of aromatic nitrogens is 2. The zero-order valence-corrected chi connectivity index (χ0v) is 16.6. The molecule has 0 radical (unpaired) electrons. The lowest BCUT2D eigenvalue weighted by Crippen LogP contribution is -2.12. The van der Waals surface area contributed by atoms with Crippen molar-refractivity contribution in [1.29, 1.82) is 0 Å². The largest absolute Gasteiger partial charge is 0.416 e. The number of anilines is 1. The summed E-state index contributed by atoms with van der Waals surface area (Å²) in [6.45, 7) is 6.03. The van der Waals surface area contributed by atoms with Crippen molar-refractivity contribution in [3.8, 4) is 22.9 Å². The summed E-state index contributed by atoms with van der Waals surface area (Å²) in [4.78, 5) is 12.5. The molecule has 1 amide bonds. The molecule has 1 heterocycles. The summed E-state index contributed by atoms with van der Waals surface area (Å²) in [7, 11) is 0. The summed E-state index contributed by atoms with van der Waals surface area (Å²) in [6, 6.07) is 21.0. The number of carbonyl (C=O) groups is 1. The second-order valence-corrected chi connectivity index (χ2v) is 7.19. The predicted molar refractivity (Wildman–Crippen MR) is 114 cm³/mol. The number of rotatable bonds is 4. The number of hydrogen-bond donors (Lipinski definition) is 1. The van der Waals surface area contributed by atoms with E-state index in [1.807, 2.05) is 69.3 Å². The molecule has 0 bridgehead atoms.